The number of hydrogen-bond donors (Lipinski definition) is 0. The Morgan fingerprint density at radius 1 is 0.846 bits per heavy atom. The molecule has 2 aromatic carbocycles. The van der Waals surface area contributed by atoms with Gasteiger partial charge in [-0.3, -0.25) is 0 Å². The summed E-state index contributed by atoms with van der Waals surface area (Å²) in [6.45, 7) is 6.91. The van der Waals surface area contributed by atoms with Crippen molar-refractivity contribution in [3.05, 3.63) is 59.2 Å². The van der Waals surface area contributed by atoms with Crippen LogP contribution in [0.2, 0.25) is 19.6 Å². The molecule has 0 saturated heterocycles. The van der Waals surface area contributed by atoms with Crippen LogP contribution < -0.4 is 0 Å². The molecule has 134 valence electrons. The van der Waals surface area contributed by atoms with Gasteiger partial charge in [-0.05, 0) is 61.1 Å². The van der Waals surface area contributed by atoms with Crippen molar-refractivity contribution in [2.75, 3.05) is 0 Å². The fourth-order valence-corrected chi connectivity index (χ4v) is 7.11. The summed E-state index contributed by atoms with van der Waals surface area (Å²) >= 11 is 4.22. The molecular weight excluding hydrogens is 368 g/mol. The zero-order valence-electron chi connectivity index (χ0n) is 15.8. The molecular formula is C23H26S2Si. The number of benzene rings is 2. The molecule has 0 bridgehead atoms. The van der Waals surface area contributed by atoms with Gasteiger partial charge in [0, 0.05) is 25.9 Å². The number of hydrogen-bond acceptors (Lipinski definition) is 2. The summed E-state index contributed by atoms with van der Waals surface area (Å²) in [7, 11) is -1.31. The minimum atomic E-state index is -1.31. The highest BCUT2D eigenvalue weighted by atomic mass is 32.2. The van der Waals surface area contributed by atoms with Gasteiger partial charge in [-0.1, -0.05) is 43.8 Å². The van der Waals surface area contributed by atoms with E-state index in [0.29, 0.717) is 0 Å². The van der Waals surface area contributed by atoms with Gasteiger partial charge in [0.25, 0.3) is 0 Å². The topological polar surface area (TPSA) is 0 Å². The van der Waals surface area contributed by atoms with Crippen LogP contribution in [0.25, 0.3) is 0 Å². The number of thioether (sulfide) groups is 2. The maximum Gasteiger partial charge on any atom is 0.129 e. The third-order valence-electron chi connectivity index (χ3n) is 4.98. The van der Waals surface area contributed by atoms with Gasteiger partial charge >= 0.3 is 0 Å². The van der Waals surface area contributed by atoms with Gasteiger partial charge in [0.1, 0.15) is 8.07 Å². The first-order chi connectivity index (χ1) is 12.5. The van der Waals surface area contributed by atoms with E-state index in [1.165, 1.54) is 46.6 Å². The van der Waals surface area contributed by atoms with E-state index >= 15 is 0 Å². The maximum absolute atomic E-state index is 3.49. The van der Waals surface area contributed by atoms with Gasteiger partial charge in [0.15, 0.2) is 0 Å². The molecule has 0 radical (unpaired) electrons. The van der Waals surface area contributed by atoms with Crippen LogP contribution in [0.1, 0.15) is 29.5 Å². The van der Waals surface area contributed by atoms with Gasteiger partial charge < -0.3 is 0 Å². The van der Waals surface area contributed by atoms with Crippen molar-refractivity contribution in [2.45, 2.75) is 65.6 Å². The molecule has 2 heterocycles. The molecule has 2 atom stereocenters. The lowest BCUT2D eigenvalue weighted by atomic mass is 10.00. The zero-order chi connectivity index (χ0) is 18.1. The molecule has 0 aliphatic carbocycles. The van der Waals surface area contributed by atoms with Crippen LogP contribution in [0.4, 0.5) is 0 Å². The summed E-state index contributed by atoms with van der Waals surface area (Å²) in [4.78, 5) is 2.99. The van der Waals surface area contributed by atoms with E-state index in [2.05, 4.69) is 97.1 Å². The number of fused-ring (bicyclic) bond motifs is 2. The highest BCUT2D eigenvalue weighted by Gasteiger charge is 2.30. The summed E-state index contributed by atoms with van der Waals surface area (Å²) in [6.07, 6.45) is 5.05. The molecule has 3 heteroatoms. The highest BCUT2D eigenvalue weighted by molar-refractivity contribution is 8.04. The Morgan fingerprint density at radius 3 is 2.23 bits per heavy atom. The van der Waals surface area contributed by atoms with Crippen LogP contribution in [0.3, 0.4) is 0 Å². The molecule has 0 N–H and O–H groups in total. The molecule has 2 aliphatic heterocycles. The Hall–Kier alpha value is -1.08. The molecule has 4 rings (SSSR count). The van der Waals surface area contributed by atoms with Gasteiger partial charge in [0.2, 0.25) is 0 Å². The first-order valence-corrected chi connectivity index (χ1v) is 14.8. The molecule has 0 saturated carbocycles. The minimum absolute atomic E-state index is 0.736. The molecule has 2 aromatic rings. The second-order valence-electron chi connectivity index (χ2n) is 8.32. The molecule has 0 aromatic heterocycles. The summed E-state index contributed by atoms with van der Waals surface area (Å²) in [5.74, 6) is 3.42. The van der Waals surface area contributed by atoms with Crippen molar-refractivity contribution in [1.82, 2.24) is 0 Å². The zero-order valence-corrected chi connectivity index (χ0v) is 18.5. The Kier molecular flexibility index (Phi) is 5.28. The van der Waals surface area contributed by atoms with E-state index in [1.807, 2.05) is 0 Å². The Bertz CT molecular complexity index is 870. The molecule has 0 amide bonds. The van der Waals surface area contributed by atoms with E-state index in [-0.39, 0.29) is 0 Å². The van der Waals surface area contributed by atoms with Gasteiger partial charge in [-0.25, -0.2) is 0 Å². The van der Waals surface area contributed by atoms with Crippen LogP contribution in [0, 0.1) is 11.5 Å². The Morgan fingerprint density at radius 2 is 1.50 bits per heavy atom. The van der Waals surface area contributed by atoms with Gasteiger partial charge in [-0.2, -0.15) is 0 Å². The average molecular weight is 395 g/mol. The van der Waals surface area contributed by atoms with Crippen molar-refractivity contribution >= 4 is 31.6 Å². The lowest BCUT2D eigenvalue weighted by molar-refractivity contribution is 0.646. The summed E-state index contributed by atoms with van der Waals surface area (Å²) in [6, 6.07) is 15.8. The third kappa shape index (κ3) is 4.25. The van der Waals surface area contributed by atoms with E-state index in [4.69, 9.17) is 0 Å². The Balaban J connectivity index is 1.48. The van der Waals surface area contributed by atoms with Crippen molar-refractivity contribution in [3.63, 3.8) is 0 Å². The third-order valence-corrected chi connectivity index (χ3v) is 9.07. The summed E-state index contributed by atoms with van der Waals surface area (Å²) in [5.41, 5.74) is 7.75. The normalized spacial score (nSPS) is 22.0. The highest BCUT2D eigenvalue weighted by Crippen LogP contribution is 2.45. The molecule has 2 aliphatic rings. The van der Waals surface area contributed by atoms with Crippen LogP contribution >= 0.6 is 23.5 Å². The summed E-state index contributed by atoms with van der Waals surface area (Å²) < 4.78 is 0. The van der Waals surface area contributed by atoms with Crippen LogP contribution in [-0.2, 0) is 12.8 Å². The SMILES string of the molecule is C[Si](C)(C)C#Cc1ccc2c(c1)CCC(C1CCc3ccccc3S1)S2. The molecule has 2 unspecified atom stereocenters. The standard InChI is InChI=1S/C23H26S2Si/c1-26(2,3)15-14-17-8-11-21-19(16-17)10-13-23(25-21)22-12-9-18-6-4-5-7-20(18)24-22/h4-8,11,16,22-23H,9-10,12-13H2,1-3H3. The van der Waals surface area contributed by atoms with E-state index in [0.717, 1.165) is 10.5 Å². The second-order valence-corrected chi connectivity index (χ2v) is 15.6. The molecule has 0 fully saturated rings. The van der Waals surface area contributed by atoms with Crippen molar-refractivity contribution in [2.24, 2.45) is 0 Å². The second kappa shape index (κ2) is 7.50. The van der Waals surface area contributed by atoms with Gasteiger partial charge in [0.05, 0.1) is 0 Å². The van der Waals surface area contributed by atoms with Crippen molar-refractivity contribution < 1.29 is 0 Å². The van der Waals surface area contributed by atoms with Crippen LogP contribution in [0.15, 0.2) is 52.3 Å². The molecule has 0 spiro atoms. The van der Waals surface area contributed by atoms with Crippen LogP contribution in [0.5, 0.6) is 0 Å². The van der Waals surface area contributed by atoms with E-state index in [1.54, 1.807) is 5.56 Å². The predicted molar refractivity (Wildman–Crippen MR) is 119 cm³/mol. The quantitative estimate of drug-likeness (QED) is 0.404. The monoisotopic (exact) mass is 394 g/mol. The van der Waals surface area contributed by atoms with E-state index in [9.17, 15) is 0 Å². The predicted octanol–water partition coefficient (Wildman–Crippen LogP) is 6.43. The first-order valence-electron chi connectivity index (χ1n) is 9.55. The lowest BCUT2D eigenvalue weighted by Crippen LogP contribution is -2.26. The lowest BCUT2D eigenvalue weighted by Gasteiger charge is -2.33. The van der Waals surface area contributed by atoms with E-state index < -0.39 is 8.07 Å². The number of aryl methyl sites for hydroxylation is 2. The molecule has 0 nitrogen and oxygen atoms in total. The fraction of sp³-hybridized carbons (Fsp3) is 0.391. The largest absolute Gasteiger partial charge is 0.129 e. The smallest absolute Gasteiger partial charge is 0.127 e. The fourth-order valence-electron chi connectivity index (χ4n) is 3.62. The summed E-state index contributed by atoms with van der Waals surface area (Å²) in [5, 5.41) is 1.48. The van der Waals surface area contributed by atoms with Gasteiger partial charge in [-0.15, -0.1) is 29.1 Å². The van der Waals surface area contributed by atoms with Crippen molar-refractivity contribution in [1.29, 1.82) is 0 Å². The number of rotatable bonds is 1. The maximum atomic E-state index is 3.49. The average Bonchev–Trinajstić information content (AvgIpc) is 2.65. The minimum Gasteiger partial charge on any atom is -0.127 e. The van der Waals surface area contributed by atoms with Crippen molar-refractivity contribution in [3.8, 4) is 11.5 Å². The Labute approximate surface area is 167 Å². The van der Waals surface area contributed by atoms with Crippen LogP contribution in [-0.4, -0.2) is 18.6 Å². The first kappa shape index (κ1) is 18.3. The molecule has 26 heavy (non-hydrogen) atoms.